The van der Waals surface area contributed by atoms with Crippen molar-refractivity contribution in [3.05, 3.63) is 54.1 Å². The van der Waals surface area contributed by atoms with Gasteiger partial charge in [0.05, 0.1) is 11.0 Å². The van der Waals surface area contributed by atoms with Gasteiger partial charge in [0, 0.05) is 24.4 Å². The molecule has 24 heavy (non-hydrogen) atoms. The molecule has 1 aliphatic rings. The number of aromatic nitrogens is 2. The molecule has 0 unspecified atom stereocenters. The molecule has 0 spiro atoms. The lowest BCUT2D eigenvalue weighted by Gasteiger charge is -2.17. The van der Waals surface area contributed by atoms with Crippen LogP contribution in [0, 0.1) is 0 Å². The average molecular weight is 337 g/mol. The summed E-state index contributed by atoms with van der Waals surface area (Å²) >= 11 is 1.68. The summed E-state index contributed by atoms with van der Waals surface area (Å²) in [6.07, 6.45) is 2.41. The van der Waals surface area contributed by atoms with Gasteiger partial charge < -0.3 is 9.88 Å². The van der Waals surface area contributed by atoms with Crippen LogP contribution in [-0.4, -0.2) is 28.2 Å². The molecule has 3 aromatic rings. The van der Waals surface area contributed by atoms with Crippen LogP contribution in [0.25, 0.3) is 11.0 Å². The number of hydrogen-bond acceptors (Lipinski definition) is 3. The predicted molar refractivity (Wildman–Crippen MR) is 98.6 cm³/mol. The lowest BCUT2D eigenvalue weighted by molar-refractivity contribution is -0.118. The summed E-state index contributed by atoms with van der Waals surface area (Å²) in [5.74, 6) is 1.12. The molecule has 1 aliphatic heterocycles. The molecular formula is C19H19N3OS. The van der Waals surface area contributed by atoms with E-state index in [1.54, 1.807) is 11.8 Å². The van der Waals surface area contributed by atoms with E-state index in [9.17, 15) is 4.79 Å². The van der Waals surface area contributed by atoms with E-state index in [2.05, 4.69) is 16.0 Å². The third kappa shape index (κ3) is 3.04. The summed E-state index contributed by atoms with van der Waals surface area (Å²) in [5, 5.41) is 0.926. The fourth-order valence-corrected chi connectivity index (χ4v) is 3.95. The number of nitrogens with zero attached hydrogens (tertiary/aromatic N) is 2. The zero-order valence-corrected chi connectivity index (χ0v) is 14.2. The molecule has 2 aromatic carbocycles. The van der Waals surface area contributed by atoms with Crippen molar-refractivity contribution in [2.45, 2.75) is 24.4 Å². The van der Waals surface area contributed by atoms with Crippen LogP contribution >= 0.6 is 11.8 Å². The Bertz CT molecular complexity index is 841. The lowest BCUT2D eigenvalue weighted by Crippen LogP contribution is -2.28. The first-order valence-electron chi connectivity index (χ1n) is 8.27. The Labute approximate surface area is 145 Å². The van der Waals surface area contributed by atoms with Crippen LogP contribution in [0.3, 0.4) is 0 Å². The second-order valence-corrected chi connectivity index (χ2v) is 7.02. The molecule has 4 nitrogen and oxygen atoms in total. The van der Waals surface area contributed by atoms with Gasteiger partial charge in [-0.15, -0.1) is 0 Å². The summed E-state index contributed by atoms with van der Waals surface area (Å²) < 4.78 is 0. The highest BCUT2D eigenvalue weighted by Crippen LogP contribution is 2.28. The number of H-pyrrole nitrogens is 1. The molecule has 0 aliphatic carbocycles. The van der Waals surface area contributed by atoms with E-state index in [0.717, 1.165) is 47.0 Å². The van der Waals surface area contributed by atoms with Gasteiger partial charge >= 0.3 is 0 Å². The monoisotopic (exact) mass is 337 g/mol. The van der Waals surface area contributed by atoms with Crippen LogP contribution < -0.4 is 4.90 Å². The number of aromatic amines is 1. The minimum absolute atomic E-state index is 0.227. The fourth-order valence-electron chi connectivity index (χ4n) is 3.12. The topological polar surface area (TPSA) is 49.0 Å². The molecule has 5 heteroatoms. The molecule has 2 heterocycles. The van der Waals surface area contributed by atoms with Crippen molar-refractivity contribution < 1.29 is 4.79 Å². The first-order chi connectivity index (χ1) is 11.8. The summed E-state index contributed by atoms with van der Waals surface area (Å²) in [6.45, 7) is 0.814. The quantitative estimate of drug-likeness (QED) is 0.565. The molecule has 0 radical (unpaired) electrons. The number of fused-ring (bicyclic) bond motifs is 2. The van der Waals surface area contributed by atoms with E-state index < -0.39 is 0 Å². The van der Waals surface area contributed by atoms with Crippen LogP contribution in [0.1, 0.15) is 18.4 Å². The number of imidazole rings is 1. The van der Waals surface area contributed by atoms with E-state index in [1.165, 1.54) is 5.56 Å². The minimum Gasteiger partial charge on any atom is -0.333 e. The number of rotatable bonds is 5. The Hall–Kier alpha value is -2.27. The van der Waals surface area contributed by atoms with Gasteiger partial charge in [0.1, 0.15) is 0 Å². The van der Waals surface area contributed by atoms with E-state index >= 15 is 0 Å². The standard InChI is InChI=1S/C19H19N3OS/c23-18(22-12-11-14-6-1-4-9-17(14)22)10-5-13-24-19-20-15-7-2-3-8-16(15)21-19/h1-4,6-9H,5,10-13H2,(H,20,21). The Balaban J connectivity index is 1.29. The Morgan fingerprint density at radius 2 is 2.00 bits per heavy atom. The molecule has 0 fully saturated rings. The van der Waals surface area contributed by atoms with Crippen LogP contribution in [0.15, 0.2) is 53.7 Å². The highest BCUT2D eigenvalue weighted by Gasteiger charge is 2.23. The van der Waals surface area contributed by atoms with Crippen molar-refractivity contribution >= 4 is 34.4 Å². The molecule has 1 amide bonds. The van der Waals surface area contributed by atoms with E-state index in [-0.39, 0.29) is 5.91 Å². The number of carbonyl (C=O) groups is 1. The van der Waals surface area contributed by atoms with Crippen molar-refractivity contribution in [2.75, 3.05) is 17.2 Å². The number of carbonyl (C=O) groups excluding carboxylic acids is 1. The van der Waals surface area contributed by atoms with Gasteiger partial charge in [-0.1, -0.05) is 42.1 Å². The summed E-state index contributed by atoms with van der Waals surface area (Å²) in [4.78, 5) is 22.2. The molecule has 4 rings (SSSR count). The zero-order chi connectivity index (χ0) is 16.4. The first kappa shape index (κ1) is 15.3. The second kappa shape index (κ2) is 6.69. The van der Waals surface area contributed by atoms with E-state index in [0.29, 0.717) is 6.42 Å². The van der Waals surface area contributed by atoms with Gasteiger partial charge in [-0.2, -0.15) is 0 Å². The number of thioether (sulfide) groups is 1. The van der Waals surface area contributed by atoms with Gasteiger partial charge in [0.15, 0.2) is 5.16 Å². The van der Waals surface area contributed by atoms with Gasteiger partial charge in [0.2, 0.25) is 5.91 Å². The van der Waals surface area contributed by atoms with Crippen LogP contribution in [-0.2, 0) is 11.2 Å². The Morgan fingerprint density at radius 1 is 1.17 bits per heavy atom. The Morgan fingerprint density at radius 3 is 2.92 bits per heavy atom. The largest absolute Gasteiger partial charge is 0.333 e. The normalized spacial score (nSPS) is 13.4. The molecule has 1 N–H and O–H groups in total. The maximum Gasteiger partial charge on any atom is 0.227 e. The van der Waals surface area contributed by atoms with Gasteiger partial charge in [0.25, 0.3) is 0 Å². The molecule has 0 atom stereocenters. The highest BCUT2D eigenvalue weighted by molar-refractivity contribution is 7.99. The zero-order valence-electron chi connectivity index (χ0n) is 13.4. The van der Waals surface area contributed by atoms with Crippen molar-refractivity contribution in [1.29, 1.82) is 0 Å². The second-order valence-electron chi connectivity index (χ2n) is 5.94. The molecular weight excluding hydrogens is 318 g/mol. The van der Waals surface area contributed by atoms with Crippen LogP contribution in [0.4, 0.5) is 5.69 Å². The van der Waals surface area contributed by atoms with Crippen molar-refractivity contribution in [3.63, 3.8) is 0 Å². The predicted octanol–water partition coefficient (Wildman–Crippen LogP) is 4.02. The lowest BCUT2D eigenvalue weighted by atomic mass is 10.2. The average Bonchev–Trinajstić information content (AvgIpc) is 3.22. The maximum atomic E-state index is 12.5. The third-order valence-electron chi connectivity index (χ3n) is 4.33. The fraction of sp³-hybridized carbons (Fsp3) is 0.263. The molecule has 0 bridgehead atoms. The molecule has 0 saturated carbocycles. The van der Waals surface area contributed by atoms with Gasteiger partial charge in [-0.05, 0) is 36.6 Å². The number of para-hydroxylation sites is 3. The van der Waals surface area contributed by atoms with Crippen LogP contribution in [0.2, 0.25) is 0 Å². The maximum absolute atomic E-state index is 12.5. The summed E-state index contributed by atoms with van der Waals surface area (Å²) in [5.41, 5.74) is 4.42. The summed E-state index contributed by atoms with van der Waals surface area (Å²) in [7, 11) is 0. The van der Waals surface area contributed by atoms with Crippen LogP contribution in [0.5, 0.6) is 0 Å². The SMILES string of the molecule is O=C(CCCSc1nc2ccccc2[nH]1)N1CCc2ccccc21. The summed E-state index contributed by atoms with van der Waals surface area (Å²) in [6, 6.07) is 16.2. The number of amides is 1. The highest BCUT2D eigenvalue weighted by atomic mass is 32.2. The minimum atomic E-state index is 0.227. The Kier molecular flexibility index (Phi) is 4.26. The van der Waals surface area contributed by atoms with Crippen molar-refractivity contribution in [2.24, 2.45) is 0 Å². The number of benzene rings is 2. The smallest absolute Gasteiger partial charge is 0.227 e. The van der Waals surface area contributed by atoms with E-state index in [1.807, 2.05) is 47.4 Å². The molecule has 1 aromatic heterocycles. The van der Waals surface area contributed by atoms with E-state index in [4.69, 9.17) is 0 Å². The first-order valence-corrected chi connectivity index (χ1v) is 9.25. The van der Waals surface area contributed by atoms with Gasteiger partial charge in [-0.25, -0.2) is 4.98 Å². The molecule has 122 valence electrons. The van der Waals surface area contributed by atoms with Crippen molar-refractivity contribution in [3.8, 4) is 0 Å². The molecule has 0 saturated heterocycles. The number of hydrogen-bond donors (Lipinski definition) is 1. The number of anilines is 1. The third-order valence-corrected chi connectivity index (χ3v) is 5.29. The van der Waals surface area contributed by atoms with Gasteiger partial charge in [-0.3, -0.25) is 4.79 Å². The van der Waals surface area contributed by atoms with Crippen molar-refractivity contribution in [1.82, 2.24) is 9.97 Å². The number of nitrogens with one attached hydrogen (secondary N) is 1.